The molecule has 14 heavy (non-hydrogen) atoms. The Hall–Kier alpha value is -1.43. The van der Waals surface area contributed by atoms with Gasteiger partial charge in [-0.05, 0) is 12.1 Å². The summed E-state index contributed by atoms with van der Waals surface area (Å²) in [5.74, 6) is -3.90. The van der Waals surface area contributed by atoms with Crippen LogP contribution in [0.25, 0.3) is 0 Å². The maximum atomic E-state index is 12.5. The number of amides is 1. The van der Waals surface area contributed by atoms with E-state index in [0.717, 1.165) is 0 Å². The van der Waals surface area contributed by atoms with Gasteiger partial charge in [0.25, 0.3) is 11.8 Å². The number of hydrogen-bond donors (Lipinski definition) is 3. The van der Waals surface area contributed by atoms with Crippen molar-refractivity contribution in [2.24, 2.45) is 0 Å². The molecule has 0 radical (unpaired) electrons. The van der Waals surface area contributed by atoms with Crippen LogP contribution in [0.2, 0.25) is 0 Å². The van der Waals surface area contributed by atoms with Gasteiger partial charge in [-0.3, -0.25) is 4.79 Å². The van der Waals surface area contributed by atoms with Gasteiger partial charge in [-0.25, -0.2) is 8.78 Å². The minimum absolute atomic E-state index is 0.207. The van der Waals surface area contributed by atoms with Crippen LogP contribution in [0, 0.1) is 0 Å². The second kappa shape index (κ2) is 4.19. The van der Waals surface area contributed by atoms with Gasteiger partial charge in [-0.15, -0.1) is 0 Å². The molecule has 1 rings (SSSR count). The summed E-state index contributed by atoms with van der Waals surface area (Å²) in [5.41, 5.74) is 0.207. The van der Waals surface area contributed by atoms with Crippen LogP contribution in [-0.4, -0.2) is 35.1 Å². The van der Waals surface area contributed by atoms with Gasteiger partial charge < -0.3 is 15.4 Å². The topological polar surface area (TPSA) is 65.1 Å². The molecular weight excluding hydrogens is 194 g/mol. The monoisotopic (exact) mass is 204 g/mol. The van der Waals surface area contributed by atoms with Crippen molar-refractivity contribution in [2.45, 2.75) is 5.92 Å². The Morgan fingerprint density at radius 1 is 1.64 bits per heavy atom. The molecule has 6 heteroatoms. The van der Waals surface area contributed by atoms with Crippen molar-refractivity contribution in [3.63, 3.8) is 0 Å². The first-order valence-corrected chi connectivity index (χ1v) is 3.95. The molecule has 1 aromatic rings. The fourth-order valence-corrected chi connectivity index (χ4v) is 0.832. The molecule has 1 amide bonds. The summed E-state index contributed by atoms with van der Waals surface area (Å²) < 4.78 is 25.0. The molecule has 4 nitrogen and oxygen atoms in total. The lowest BCUT2D eigenvalue weighted by atomic mass is 10.3. The van der Waals surface area contributed by atoms with Gasteiger partial charge in [0.15, 0.2) is 0 Å². The molecule has 3 N–H and O–H groups in total. The van der Waals surface area contributed by atoms with Gasteiger partial charge >= 0.3 is 0 Å². The summed E-state index contributed by atoms with van der Waals surface area (Å²) in [7, 11) is 0. The zero-order valence-electron chi connectivity index (χ0n) is 7.26. The molecule has 78 valence electrons. The third kappa shape index (κ3) is 2.81. The van der Waals surface area contributed by atoms with E-state index >= 15 is 0 Å². The first-order valence-electron chi connectivity index (χ1n) is 3.95. The lowest BCUT2D eigenvalue weighted by Crippen LogP contribution is -2.39. The van der Waals surface area contributed by atoms with Crippen molar-refractivity contribution in [1.29, 1.82) is 0 Å². The Morgan fingerprint density at radius 2 is 2.36 bits per heavy atom. The molecule has 0 unspecified atom stereocenters. The number of H-pyrrole nitrogens is 1. The van der Waals surface area contributed by atoms with Crippen molar-refractivity contribution < 1.29 is 18.7 Å². The van der Waals surface area contributed by atoms with Gasteiger partial charge in [0.1, 0.15) is 12.3 Å². The fourth-order valence-electron chi connectivity index (χ4n) is 0.832. The summed E-state index contributed by atoms with van der Waals surface area (Å²) in [4.78, 5) is 13.7. The number of carbonyl (C=O) groups is 1. The second-order valence-corrected chi connectivity index (χ2v) is 2.78. The average Bonchev–Trinajstić information content (AvgIpc) is 2.67. The standard InChI is InChI=1S/C8H10F2N2O2/c9-8(10,5-13)4-12-7(14)6-2-1-3-11-6/h1-3,11,13H,4-5H2,(H,12,14). The maximum absolute atomic E-state index is 12.5. The first kappa shape index (κ1) is 10.6. The van der Waals surface area contributed by atoms with E-state index in [1.165, 1.54) is 12.3 Å². The van der Waals surface area contributed by atoms with E-state index in [1.807, 2.05) is 5.32 Å². The quantitative estimate of drug-likeness (QED) is 0.663. The minimum atomic E-state index is -3.28. The molecule has 0 aliphatic carbocycles. The van der Waals surface area contributed by atoms with Crippen molar-refractivity contribution in [3.05, 3.63) is 24.0 Å². The molecule has 0 bridgehead atoms. The maximum Gasteiger partial charge on any atom is 0.287 e. The summed E-state index contributed by atoms with van der Waals surface area (Å²) in [6, 6.07) is 3.05. The van der Waals surface area contributed by atoms with E-state index in [9.17, 15) is 13.6 Å². The molecule has 0 saturated heterocycles. The van der Waals surface area contributed by atoms with E-state index in [-0.39, 0.29) is 5.69 Å². The van der Waals surface area contributed by atoms with E-state index in [0.29, 0.717) is 0 Å². The molecule has 0 aromatic carbocycles. The Morgan fingerprint density at radius 3 is 2.86 bits per heavy atom. The lowest BCUT2D eigenvalue weighted by Gasteiger charge is -2.13. The van der Waals surface area contributed by atoms with Crippen LogP contribution in [0.4, 0.5) is 8.78 Å². The van der Waals surface area contributed by atoms with Gasteiger partial charge in [0, 0.05) is 6.20 Å². The molecule has 0 aliphatic heterocycles. The van der Waals surface area contributed by atoms with Gasteiger partial charge in [0.2, 0.25) is 0 Å². The smallest absolute Gasteiger partial charge is 0.287 e. The van der Waals surface area contributed by atoms with E-state index < -0.39 is 25.0 Å². The molecule has 0 aliphatic rings. The second-order valence-electron chi connectivity index (χ2n) is 2.78. The molecule has 0 spiro atoms. The van der Waals surface area contributed by atoms with Crippen LogP contribution in [0.5, 0.6) is 0 Å². The van der Waals surface area contributed by atoms with Crippen molar-refractivity contribution in [1.82, 2.24) is 10.3 Å². The number of aromatic amines is 1. The highest BCUT2D eigenvalue weighted by Crippen LogP contribution is 2.09. The molecular formula is C8H10F2N2O2. The number of aromatic nitrogens is 1. The van der Waals surface area contributed by atoms with Crippen LogP contribution in [-0.2, 0) is 0 Å². The number of hydrogen-bond acceptors (Lipinski definition) is 2. The summed E-state index contributed by atoms with van der Waals surface area (Å²) in [5, 5.41) is 10.2. The number of carbonyl (C=O) groups excluding carboxylic acids is 1. The molecule has 1 aromatic heterocycles. The number of halogens is 2. The predicted octanol–water partition coefficient (Wildman–Crippen LogP) is 0.372. The van der Waals surface area contributed by atoms with Crippen LogP contribution in [0.3, 0.4) is 0 Å². The largest absolute Gasteiger partial charge is 0.390 e. The number of alkyl halides is 2. The summed E-state index contributed by atoms with van der Waals surface area (Å²) in [6.07, 6.45) is 1.51. The molecule has 0 saturated carbocycles. The predicted molar refractivity (Wildman–Crippen MR) is 45.2 cm³/mol. The third-order valence-electron chi connectivity index (χ3n) is 1.58. The van der Waals surface area contributed by atoms with Gasteiger partial charge in [0.05, 0.1) is 6.54 Å². The molecule has 1 heterocycles. The fraction of sp³-hybridized carbons (Fsp3) is 0.375. The zero-order valence-corrected chi connectivity index (χ0v) is 7.26. The number of aliphatic hydroxyl groups is 1. The molecule has 0 fully saturated rings. The Balaban J connectivity index is 2.43. The van der Waals surface area contributed by atoms with Gasteiger partial charge in [-0.2, -0.15) is 0 Å². The Kier molecular flexibility index (Phi) is 3.19. The normalized spacial score (nSPS) is 11.4. The third-order valence-corrected chi connectivity index (χ3v) is 1.58. The zero-order chi connectivity index (χ0) is 10.6. The highest BCUT2D eigenvalue weighted by Gasteiger charge is 2.28. The number of nitrogens with one attached hydrogen (secondary N) is 2. The van der Waals surface area contributed by atoms with E-state index in [2.05, 4.69) is 4.98 Å². The molecule has 0 atom stereocenters. The van der Waals surface area contributed by atoms with E-state index in [1.54, 1.807) is 6.07 Å². The van der Waals surface area contributed by atoms with Crippen LogP contribution in [0.15, 0.2) is 18.3 Å². The van der Waals surface area contributed by atoms with Gasteiger partial charge in [-0.1, -0.05) is 0 Å². The van der Waals surface area contributed by atoms with Crippen molar-refractivity contribution in [2.75, 3.05) is 13.2 Å². The highest BCUT2D eigenvalue weighted by atomic mass is 19.3. The van der Waals surface area contributed by atoms with Crippen molar-refractivity contribution >= 4 is 5.91 Å². The number of aliphatic hydroxyl groups excluding tert-OH is 1. The highest BCUT2D eigenvalue weighted by molar-refractivity contribution is 5.92. The van der Waals surface area contributed by atoms with Crippen molar-refractivity contribution in [3.8, 4) is 0 Å². The average molecular weight is 204 g/mol. The van der Waals surface area contributed by atoms with Crippen LogP contribution < -0.4 is 5.32 Å². The summed E-state index contributed by atoms with van der Waals surface area (Å²) >= 11 is 0. The number of rotatable bonds is 4. The Bertz CT molecular complexity index is 298. The van der Waals surface area contributed by atoms with Crippen LogP contribution in [0.1, 0.15) is 10.5 Å². The first-order chi connectivity index (χ1) is 6.55. The summed E-state index contributed by atoms with van der Waals surface area (Å²) in [6.45, 7) is -2.15. The van der Waals surface area contributed by atoms with Crippen LogP contribution >= 0.6 is 0 Å². The van der Waals surface area contributed by atoms with E-state index in [4.69, 9.17) is 5.11 Å². The Labute approximate surface area is 78.9 Å². The minimum Gasteiger partial charge on any atom is -0.390 e. The lowest BCUT2D eigenvalue weighted by molar-refractivity contribution is -0.0462. The SMILES string of the molecule is O=C(NCC(F)(F)CO)c1ccc[nH]1.